The highest BCUT2D eigenvalue weighted by molar-refractivity contribution is 7.18. The molecular weight excluding hydrogens is 273 g/mol. The molecule has 16 heavy (non-hydrogen) atoms. The van der Waals surface area contributed by atoms with Crippen LogP contribution in [0.5, 0.6) is 0 Å². The predicted molar refractivity (Wildman–Crippen MR) is 63.5 cm³/mol. The van der Waals surface area contributed by atoms with Crippen molar-refractivity contribution in [3.05, 3.63) is 20.3 Å². The quantitative estimate of drug-likeness (QED) is 0.892. The van der Waals surface area contributed by atoms with E-state index < -0.39 is 17.9 Å². The number of amides is 1. The van der Waals surface area contributed by atoms with Gasteiger partial charge in [-0.3, -0.25) is 4.79 Å². The van der Waals surface area contributed by atoms with E-state index in [1.807, 2.05) is 0 Å². The SMILES string of the molecule is CCC(NC(=O)c1cc(Cl)c(Cl)s1)C(=O)O. The van der Waals surface area contributed by atoms with Crippen molar-refractivity contribution in [3.63, 3.8) is 0 Å². The van der Waals surface area contributed by atoms with Crippen molar-refractivity contribution in [1.29, 1.82) is 0 Å². The molecule has 0 saturated heterocycles. The molecule has 7 heteroatoms. The Morgan fingerprint density at radius 1 is 1.56 bits per heavy atom. The number of hydrogen-bond donors (Lipinski definition) is 2. The maximum absolute atomic E-state index is 11.6. The minimum absolute atomic E-state index is 0.292. The number of carboxylic acids is 1. The van der Waals surface area contributed by atoms with E-state index in [9.17, 15) is 9.59 Å². The molecular formula is C9H9Cl2NO3S. The molecule has 4 nitrogen and oxygen atoms in total. The van der Waals surface area contributed by atoms with Crippen LogP contribution in [0.3, 0.4) is 0 Å². The highest BCUT2D eigenvalue weighted by atomic mass is 35.5. The lowest BCUT2D eigenvalue weighted by molar-refractivity contribution is -0.139. The van der Waals surface area contributed by atoms with Gasteiger partial charge in [0, 0.05) is 0 Å². The molecule has 1 aromatic rings. The molecule has 0 aliphatic rings. The number of halogens is 2. The summed E-state index contributed by atoms with van der Waals surface area (Å²) in [6.07, 6.45) is 0.313. The van der Waals surface area contributed by atoms with E-state index in [-0.39, 0.29) is 0 Å². The molecule has 0 aromatic carbocycles. The van der Waals surface area contributed by atoms with E-state index in [2.05, 4.69) is 5.32 Å². The first-order valence-electron chi connectivity index (χ1n) is 4.44. The van der Waals surface area contributed by atoms with Crippen molar-refractivity contribution in [2.24, 2.45) is 0 Å². The van der Waals surface area contributed by atoms with Gasteiger partial charge >= 0.3 is 5.97 Å². The Balaban J connectivity index is 2.75. The third-order valence-electron chi connectivity index (χ3n) is 1.88. The van der Waals surface area contributed by atoms with Gasteiger partial charge in [0.1, 0.15) is 10.4 Å². The number of rotatable bonds is 4. The van der Waals surface area contributed by atoms with Gasteiger partial charge in [0.2, 0.25) is 0 Å². The normalized spacial score (nSPS) is 12.2. The lowest BCUT2D eigenvalue weighted by atomic mass is 10.2. The summed E-state index contributed by atoms with van der Waals surface area (Å²) >= 11 is 12.4. The van der Waals surface area contributed by atoms with Gasteiger partial charge in [0.25, 0.3) is 5.91 Å². The van der Waals surface area contributed by atoms with Gasteiger partial charge in [-0.25, -0.2) is 4.79 Å². The zero-order valence-corrected chi connectivity index (χ0v) is 10.6. The topological polar surface area (TPSA) is 66.4 Å². The van der Waals surface area contributed by atoms with E-state index in [4.69, 9.17) is 28.3 Å². The first-order valence-corrected chi connectivity index (χ1v) is 6.01. The Bertz CT molecular complexity index is 399. The molecule has 0 aliphatic carbocycles. The van der Waals surface area contributed by atoms with E-state index in [1.54, 1.807) is 6.92 Å². The summed E-state index contributed by atoms with van der Waals surface area (Å²) in [5, 5.41) is 11.4. The summed E-state index contributed by atoms with van der Waals surface area (Å²) in [6, 6.07) is 0.519. The molecule has 2 N–H and O–H groups in total. The predicted octanol–water partition coefficient (Wildman–Crippen LogP) is 2.65. The van der Waals surface area contributed by atoms with Crippen LogP contribution in [0, 0.1) is 0 Å². The molecule has 1 aromatic heterocycles. The molecule has 1 amide bonds. The molecule has 1 atom stereocenters. The minimum atomic E-state index is -1.07. The van der Waals surface area contributed by atoms with Gasteiger partial charge in [-0.2, -0.15) is 0 Å². The first-order chi connectivity index (χ1) is 7.45. The fraction of sp³-hybridized carbons (Fsp3) is 0.333. The Morgan fingerprint density at radius 3 is 2.56 bits per heavy atom. The molecule has 1 unspecified atom stereocenters. The van der Waals surface area contributed by atoms with Crippen LogP contribution in [0.25, 0.3) is 0 Å². The second-order valence-corrected chi connectivity index (χ2v) is 5.07. The van der Waals surface area contributed by atoms with Crippen LogP contribution < -0.4 is 5.32 Å². The first kappa shape index (κ1) is 13.3. The second-order valence-electron chi connectivity index (χ2n) is 3.00. The maximum atomic E-state index is 11.6. The molecule has 0 spiro atoms. The molecule has 0 bridgehead atoms. The molecule has 1 heterocycles. The number of hydrogen-bond acceptors (Lipinski definition) is 3. The largest absolute Gasteiger partial charge is 0.480 e. The van der Waals surface area contributed by atoms with Crippen molar-refractivity contribution in [3.8, 4) is 0 Å². The summed E-state index contributed by atoms with van der Waals surface area (Å²) in [4.78, 5) is 22.6. The summed E-state index contributed by atoms with van der Waals surface area (Å²) in [7, 11) is 0. The van der Waals surface area contributed by atoms with Gasteiger partial charge in [0.15, 0.2) is 0 Å². The van der Waals surface area contributed by atoms with Gasteiger partial charge in [0.05, 0.1) is 9.90 Å². The molecule has 1 rings (SSSR count). The number of thiophene rings is 1. The summed E-state index contributed by atoms with van der Waals surface area (Å²) in [5.41, 5.74) is 0. The van der Waals surface area contributed by atoms with Gasteiger partial charge < -0.3 is 10.4 Å². The number of carboxylic acid groups (broad SMARTS) is 1. The zero-order valence-electron chi connectivity index (χ0n) is 8.29. The molecule has 88 valence electrons. The standard InChI is InChI=1S/C9H9Cl2NO3S/c1-2-5(9(14)15)12-8(13)6-3-4(10)7(11)16-6/h3,5H,2H2,1H3,(H,12,13)(H,14,15). The summed E-state index contributed by atoms with van der Waals surface area (Å²) < 4.78 is 0.315. The average Bonchev–Trinajstić information content (AvgIpc) is 2.55. The van der Waals surface area contributed by atoms with E-state index in [1.165, 1.54) is 6.07 Å². The lowest BCUT2D eigenvalue weighted by Crippen LogP contribution is -2.39. The zero-order chi connectivity index (χ0) is 12.3. The van der Waals surface area contributed by atoms with Crippen LogP contribution in [0.15, 0.2) is 6.07 Å². The highest BCUT2D eigenvalue weighted by Crippen LogP contribution is 2.31. The van der Waals surface area contributed by atoms with E-state index in [0.717, 1.165) is 11.3 Å². The maximum Gasteiger partial charge on any atom is 0.326 e. The van der Waals surface area contributed by atoms with E-state index >= 15 is 0 Å². The molecule has 0 fully saturated rings. The van der Waals surface area contributed by atoms with Crippen LogP contribution in [-0.4, -0.2) is 23.0 Å². The van der Waals surface area contributed by atoms with Gasteiger partial charge in [-0.1, -0.05) is 30.1 Å². The number of carbonyl (C=O) groups excluding carboxylic acids is 1. The third-order valence-corrected chi connectivity index (χ3v) is 3.74. The van der Waals surface area contributed by atoms with E-state index in [0.29, 0.717) is 20.7 Å². The van der Waals surface area contributed by atoms with Crippen molar-refractivity contribution < 1.29 is 14.7 Å². The number of aliphatic carboxylic acids is 1. The smallest absolute Gasteiger partial charge is 0.326 e. The third kappa shape index (κ3) is 3.10. The monoisotopic (exact) mass is 281 g/mol. The Morgan fingerprint density at radius 2 is 2.19 bits per heavy atom. The average molecular weight is 282 g/mol. The summed E-state index contributed by atoms with van der Waals surface area (Å²) in [5.74, 6) is -1.54. The van der Waals surface area contributed by atoms with Crippen molar-refractivity contribution in [2.75, 3.05) is 0 Å². The fourth-order valence-corrected chi connectivity index (χ4v) is 2.30. The van der Waals surface area contributed by atoms with Gasteiger partial charge in [-0.15, -0.1) is 11.3 Å². The lowest BCUT2D eigenvalue weighted by Gasteiger charge is -2.10. The molecule has 0 radical (unpaired) electrons. The van der Waals surface area contributed by atoms with Crippen molar-refractivity contribution in [2.45, 2.75) is 19.4 Å². The number of carbonyl (C=O) groups is 2. The highest BCUT2D eigenvalue weighted by Gasteiger charge is 2.20. The number of nitrogens with one attached hydrogen (secondary N) is 1. The summed E-state index contributed by atoms with van der Waals surface area (Å²) in [6.45, 7) is 1.67. The van der Waals surface area contributed by atoms with Crippen LogP contribution >= 0.6 is 34.5 Å². The van der Waals surface area contributed by atoms with Crippen molar-refractivity contribution >= 4 is 46.4 Å². The Labute approximate surface area is 106 Å². The van der Waals surface area contributed by atoms with Crippen LogP contribution in [0.4, 0.5) is 0 Å². The fourth-order valence-electron chi connectivity index (χ4n) is 1.03. The van der Waals surface area contributed by atoms with Crippen LogP contribution in [0.2, 0.25) is 9.36 Å². The Kier molecular flexibility index (Phi) is 4.58. The van der Waals surface area contributed by atoms with Crippen LogP contribution in [0.1, 0.15) is 23.0 Å². The van der Waals surface area contributed by atoms with Gasteiger partial charge in [-0.05, 0) is 12.5 Å². The molecule has 0 saturated carbocycles. The minimum Gasteiger partial charge on any atom is -0.480 e. The Hall–Kier alpha value is -0.780. The van der Waals surface area contributed by atoms with Crippen LogP contribution in [-0.2, 0) is 4.79 Å². The molecule has 0 aliphatic heterocycles. The second kappa shape index (κ2) is 5.52. The van der Waals surface area contributed by atoms with Crippen molar-refractivity contribution in [1.82, 2.24) is 5.32 Å².